The van der Waals surface area contributed by atoms with Gasteiger partial charge in [-0.25, -0.2) is 9.97 Å². The van der Waals surface area contributed by atoms with Gasteiger partial charge in [0.2, 0.25) is 5.11 Å². The van der Waals surface area contributed by atoms with Gasteiger partial charge in [0.25, 0.3) is 0 Å². The Balaban J connectivity index is 0.000000845. The maximum Gasteiger partial charge on any atom is 0.224 e. The highest BCUT2D eigenvalue weighted by Crippen LogP contribution is 1.86. The van der Waals surface area contributed by atoms with Gasteiger partial charge in [0.05, 0.1) is 0 Å². The van der Waals surface area contributed by atoms with E-state index < -0.39 is 0 Å². The summed E-state index contributed by atoms with van der Waals surface area (Å²) < 4.78 is 2.87. The first-order chi connectivity index (χ1) is 5.88. The molecule has 68 valence electrons. The van der Waals surface area contributed by atoms with Crippen LogP contribution in [0.25, 0.3) is 0 Å². The number of nitrogens with zero attached hydrogens (tertiary/aromatic N) is 6. The summed E-state index contributed by atoms with van der Waals surface area (Å²) in [5.41, 5.74) is 0. The fourth-order valence-corrected chi connectivity index (χ4v) is 0.908. The summed E-state index contributed by atoms with van der Waals surface area (Å²) in [6.07, 6.45) is 5.82. The fourth-order valence-electron chi connectivity index (χ4n) is 0.719. The Kier molecular flexibility index (Phi) is 2.77. The summed E-state index contributed by atoms with van der Waals surface area (Å²) >= 11 is 5.02. The molecule has 2 heterocycles. The van der Waals surface area contributed by atoms with Crippen LogP contribution in [0.3, 0.4) is 0 Å². The minimum Gasteiger partial charge on any atom is -0.344 e. The molecular formula is C5H7N7S. The summed E-state index contributed by atoms with van der Waals surface area (Å²) in [5, 5.41) is 8.12. The Hall–Kier alpha value is -1.67. The molecule has 0 aliphatic heterocycles. The number of hydrogen-bond acceptors (Lipinski definition) is 6. The lowest BCUT2D eigenvalue weighted by Gasteiger charge is -1.99. The van der Waals surface area contributed by atoms with Crippen molar-refractivity contribution in [2.45, 2.75) is 0 Å². The highest BCUT2D eigenvalue weighted by Gasteiger charge is 2.02. The lowest BCUT2D eigenvalue weighted by molar-refractivity contribution is 0.837. The van der Waals surface area contributed by atoms with Crippen molar-refractivity contribution in [3.63, 3.8) is 0 Å². The highest BCUT2D eigenvalue weighted by molar-refractivity contribution is 7.80. The first kappa shape index (κ1) is 9.42. The third-order valence-corrected chi connectivity index (χ3v) is 1.60. The first-order valence-corrected chi connectivity index (χ1v) is 3.53. The molecule has 0 spiro atoms. The van der Waals surface area contributed by atoms with E-state index in [1.165, 1.54) is 34.7 Å². The molecule has 0 unspecified atom stereocenters. The smallest absolute Gasteiger partial charge is 0.224 e. The predicted octanol–water partition coefficient (Wildman–Crippen LogP) is -0.287. The van der Waals surface area contributed by atoms with Gasteiger partial charge in [-0.15, -0.1) is 0 Å². The Morgan fingerprint density at radius 3 is 1.77 bits per heavy atom. The van der Waals surface area contributed by atoms with Gasteiger partial charge in [-0.3, -0.25) is 0 Å². The average molecular weight is 197 g/mol. The van der Waals surface area contributed by atoms with Crippen molar-refractivity contribution in [3.05, 3.63) is 25.3 Å². The average Bonchev–Trinajstić information content (AvgIpc) is 2.77. The molecule has 0 aliphatic carbocycles. The summed E-state index contributed by atoms with van der Waals surface area (Å²) in [4.78, 5) is 7.51. The van der Waals surface area contributed by atoms with Crippen LogP contribution < -0.4 is 6.15 Å². The maximum atomic E-state index is 5.02. The zero-order chi connectivity index (χ0) is 8.39. The van der Waals surface area contributed by atoms with Gasteiger partial charge in [0, 0.05) is 0 Å². The molecule has 0 radical (unpaired) electrons. The highest BCUT2D eigenvalue weighted by atomic mass is 32.1. The summed E-state index contributed by atoms with van der Waals surface area (Å²) in [5.74, 6) is 0. The van der Waals surface area contributed by atoms with Crippen LogP contribution >= 0.6 is 12.2 Å². The van der Waals surface area contributed by atoms with Crippen LogP contribution in [0.5, 0.6) is 0 Å². The number of thiocarbonyl (C=S) groups is 1. The van der Waals surface area contributed by atoms with E-state index >= 15 is 0 Å². The van der Waals surface area contributed by atoms with Crippen molar-refractivity contribution in [3.8, 4) is 0 Å². The molecule has 0 saturated heterocycles. The van der Waals surface area contributed by atoms with Crippen LogP contribution in [-0.2, 0) is 0 Å². The minimum absolute atomic E-state index is 0. The number of aromatic nitrogens is 6. The van der Waals surface area contributed by atoms with Gasteiger partial charge in [-0.05, 0) is 12.2 Å². The second-order valence-electron chi connectivity index (χ2n) is 1.96. The van der Waals surface area contributed by atoms with Crippen LogP contribution in [0, 0.1) is 0 Å². The zero-order valence-electron chi connectivity index (χ0n) is 6.61. The largest absolute Gasteiger partial charge is 0.344 e. The molecule has 3 N–H and O–H groups in total. The normalized spacial score (nSPS) is 9.23. The molecule has 0 fully saturated rings. The van der Waals surface area contributed by atoms with E-state index in [0.717, 1.165) is 0 Å². The van der Waals surface area contributed by atoms with Crippen LogP contribution in [0.4, 0.5) is 0 Å². The number of rotatable bonds is 0. The molecular weight excluding hydrogens is 190 g/mol. The Morgan fingerprint density at radius 1 is 1.00 bits per heavy atom. The molecule has 8 heteroatoms. The molecule has 0 amide bonds. The van der Waals surface area contributed by atoms with Gasteiger partial charge >= 0.3 is 0 Å². The van der Waals surface area contributed by atoms with E-state index in [4.69, 9.17) is 12.2 Å². The zero-order valence-corrected chi connectivity index (χ0v) is 7.42. The fraction of sp³-hybridized carbons (Fsp3) is 0. The van der Waals surface area contributed by atoms with Crippen molar-refractivity contribution in [1.29, 1.82) is 0 Å². The molecule has 7 nitrogen and oxygen atoms in total. The van der Waals surface area contributed by atoms with Gasteiger partial charge < -0.3 is 6.15 Å². The van der Waals surface area contributed by atoms with Gasteiger partial charge in [-0.2, -0.15) is 19.6 Å². The molecule has 0 saturated carbocycles. The quantitative estimate of drug-likeness (QED) is 0.583. The topological polar surface area (TPSA) is 96.4 Å². The monoisotopic (exact) mass is 197 g/mol. The molecule has 0 atom stereocenters. The van der Waals surface area contributed by atoms with Crippen LogP contribution in [0.15, 0.2) is 25.3 Å². The van der Waals surface area contributed by atoms with Crippen molar-refractivity contribution in [2.24, 2.45) is 0 Å². The number of hydrogen-bond donors (Lipinski definition) is 1. The lowest BCUT2D eigenvalue weighted by Crippen LogP contribution is -2.19. The molecule has 2 aromatic rings. The Labute approximate surface area is 79.0 Å². The van der Waals surface area contributed by atoms with Crippen molar-refractivity contribution >= 4 is 17.3 Å². The van der Waals surface area contributed by atoms with E-state index in [2.05, 4.69) is 20.2 Å². The predicted molar refractivity (Wildman–Crippen MR) is 48.5 cm³/mol. The SMILES string of the molecule is N.S=C(n1cncn1)n1cncn1. The first-order valence-electron chi connectivity index (χ1n) is 3.12. The van der Waals surface area contributed by atoms with E-state index in [-0.39, 0.29) is 6.15 Å². The van der Waals surface area contributed by atoms with Crippen LogP contribution in [-0.4, -0.2) is 34.6 Å². The second-order valence-corrected chi connectivity index (χ2v) is 2.33. The lowest BCUT2D eigenvalue weighted by atomic mass is 11.0. The van der Waals surface area contributed by atoms with E-state index in [1.807, 2.05) is 0 Å². The molecule has 0 aromatic carbocycles. The van der Waals surface area contributed by atoms with Crippen molar-refractivity contribution in [2.75, 3.05) is 0 Å². The Morgan fingerprint density at radius 2 is 1.46 bits per heavy atom. The minimum atomic E-state index is 0. The molecule has 0 bridgehead atoms. The standard InChI is InChI=1S/C5H4N6S.H3N/c12-5(10-3-6-1-8-10)11-4-7-2-9-11;/h1-4H;1H3. The van der Waals surface area contributed by atoms with Crippen LogP contribution in [0.2, 0.25) is 0 Å². The van der Waals surface area contributed by atoms with E-state index in [0.29, 0.717) is 5.11 Å². The molecule has 2 aromatic heterocycles. The van der Waals surface area contributed by atoms with Gasteiger partial charge in [-0.1, -0.05) is 0 Å². The van der Waals surface area contributed by atoms with Crippen LogP contribution in [0.1, 0.15) is 0 Å². The Bertz CT molecular complexity index is 327. The van der Waals surface area contributed by atoms with Gasteiger partial charge in [0.1, 0.15) is 25.3 Å². The van der Waals surface area contributed by atoms with Gasteiger partial charge in [0.15, 0.2) is 0 Å². The van der Waals surface area contributed by atoms with E-state index in [1.54, 1.807) is 0 Å². The van der Waals surface area contributed by atoms with Crippen molar-refractivity contribution < 1.29 is 0 Å². The molecule has 2 rings (SSSR count). The third kappa shape index (κ3) is 1.73. The van der Waals surface area contributed by atoms with E-state index in [9.17, 15) is 0 Å². The summed E-state index contributed by atoms with van der Waals surface area (Å²) in [6.45, 7) is 0. The third-order valence-electron chi connectivity index (χ3n) is 1.23. The second kappa shape index (κ2) is 3.83. The molecule has 13 heavy (non-hydrogen) atoms. The summed E-state index contributed by atoms with van der Waals surface area (Å²) in [6, 6.07) is 0. The maximum absolute atomic E-state index is 5.02. The van der Waals surface area contributed by atoms with Crippen molar-refractivity contribution in [1.82, 2.24) is 35.7 Å². The molecule has 0 aliphatic rings. The summed E-state index contributed by atoms with van der Waals surface area (Å²) in [7, 11) is 0.